The fourth-order valence-electron chi connectivity index (χ4n) is 3.51. The molecule has 1 rings (SSSR count). The number of aliphatic imine (C=N–C) groups is 1. The van der Waals surface area contributed by atoms with Crippen molar-refractivity contribution in [2.45, 2.75) is 62.7 Å². The molecule has 0 radical (unpaired) electrons. The molecule has 0 aliphatic rings. The van der Waals surface area contributed by atoms with Gasteiger partial charge in [0.1, 0.15) is 23.9 Å². The highest BCUT2D eigenvalue weighted by atomic mass is 32.1. The van der Waals surface area contributed by atoms with Crippen LogP contribution in [-0.4, -0.2) is 82.9 Å². The first kappa shape index (κ1) is 33.5. The zero-order chi connectivity index (χ0) is 29.4. The Morgan fingerprint density at radius 2 is 1.44 bits per heavy atom. The lowest BCUT2D eigenvalue weighted by atomic mass is 10.0. The summed E-state index contributed by atoms with van der Waals surface area (Å²) < 4.78 is 0. The molecule has 0 fully saturated rings. The van der Waals surface area contributed by atoms with Crippen molar-refractivity contribution in [3.63, 3.8) is 0 Å². The fourth-order valence-corrected chi connectivity index (χ4v) is 3.67. The van der Waals surface area contributed by atoms with Gasteiger partial charge in [-0.1, -0.05) is 12.1 Å². The van der Waals surface area contributed by atoms with Crippen LogP contribution in [0.25, 0.3) is 0 Å². The number of carboxylic acid groups (broad SMARTS) is 1. The molecular formula is C24H40N8O6S. The van der Waals surface area contributed by atoms with Gasteiger partial charge in [0.05, 0.1) is 6.04 Å². The Kier molecular flexibility index (Phi) is 15.3. The molecule has 1 aromatic carbocycles. The van der Waals surface area contributed by atoms with E-state index in [1.165, 1.54) is 12.1 Å². The summed E-state index contributed by atoms with van der Waals surface area (Å²) >= 11 is 4.01. The van der Waals surface area contributed by atoms with E-state index < -0.39 is 47.9 Å². The summed E-state index contributed by atoms with van der Waals surface area (Å²) in [4.78, 5) is 54.5. The van der Waals surface area contributed by atoms with Crippen molar-refractivity contribution in [2.75, 3.05) is 18.8 Å². The normalized spacial score (nSPS) is 13.8. The third kappa shape index (κ3) is 13.2. The lowest BCUT2D eigenvalue weighted by molar-refractivity contribution is -0.142. The van der Waals surface area contributed by atoms with Gasteiger partial charge in [0.15, 0.2) is 5.96 Å². The van der Waals surface area contributed by atoms with Gasteiger partial charge < -0.3 is 49.1 Å². The highest BCUT2D eigenvalue weighted by Crippen LogP contribution is 2.12. The van der Waals surface area contributed by atoms with Crippen molar-refractivity contribution in [3.05, 3.63) is 29.8 Å². The summed E-state index contributed by atoms with van der Waals surface area (Å²) in [5.41, 5.74) is 22.5. The Balaban J connectivity index is 3.13. The van der Waals surface area contributed by atoms with Gasteiger partial charge >= 0.3 is 5.97 Å². The van der Waals surface area contributed by atoms with E-state index in [9.17, 15) is 29.4 Å². The Morgan fingerprint density at radius 1 is 0.872 bits per heavy atom. The second kappa shape index (κ2) is 17.9. The first-order chi connectivity index (χ1) is 18.5. The summed E-state index contributed by atoms with van der Waals surface area (Å²) in [5, 5.41) is 26.8. The van der Waals surface area contributed by atoms with Gasteiger partial charge in [0.25, 0.3) is 0 Å². The molecule has 4 atom stereocenters. The topological polar surface area (TPSA) is 261 Å². The third-order valence-electron chi connectivity index (χ3n) is 5.68. The number of thiol groups is 1. The number of unbranched alkanes of at least 4 members (excludes halogenated alkanes) is 1. The molecule has 39 heavy (non-hydrogen) atoms. The van der Waals surface area contributed by atoms with Crippen molar-refractivity contribution < 1.29 is 29.4 Å². The van der Waals surface area contributed by atoms with Crippen LogP contribution in [0, 0.1) is 0 Å². The molecule has 1 aromatic rings. The lowest BCUT2D eigenvalue weighted by Gasteiger charge is -2.25. The molecule has 4 unspecified atom stereocenters. The zero-order valence-corrected chi connectivity index (χ0v) is 22.6. The average Bonchev–Trinajstić information content (AvgIpc) is 2.89. The average molecular weight is 569 g/mol. The molecular weight excluding hydrogens is 528 g/mol. The number of guanidine groups is 1. The lowest BCUT2D eigenvalue weighted by Crippen LogP contribution is -2.57. The second-order valence-electron chi connectivity index (χ2n) is 8.91. The number of carboxylic acids is 1. The van der Waals surface area contributed by atoms with Gasteiger partial charge in [-0.2, -0.15) is 12.6 Å². The van der Waals surface area contributed by atoms with E-state index in [1.807, 2.05) is 0 Å². The SMILES string of the molecule is NCCCCC(NC(=O)C(CCCN=C(N)N)NC(=O)C(Cc1ccc(O)cc1)NC(=O)C(N)CS)C(=O)O. The maximum absolute atomic E-state index is 13.3. The largest absolute Gasteiger partial charge is 0.508 e. The number of aromatic hydroxyl groups is 1. The Labute approximate surface area is 232 Å². The minimum atomic E-state index is -1.22. The van der Waals surface area contributed by atoms with E-state index in [0.29, 0.717) is 31.4 Å². The van der Waals surface area contributed by atoms with Gasteiger partial charge in [-0.25, -0.2) is 4.79 Å². The summed E-state index contributed by atoms with van der Waals surface area (Å²) in [6.45, 7) is 0.556. The highest BCUT2D eigenvalue weighted by Gasteiger charge is 2.30. The molecule has 0 bridgehead atoms. The minimum absolute atomic E-state index is 0.0241. The van der Waals surface area contributed by atoms with Gasteiger partial charge in [0, 0.05) is 18.7 Å². The van der Waals surface area contributed by atoms with Crippen LogP contribution in [0.4, 0.5) is 0 Å². The predicted molar refractivity (Wildman–Crippen MR) is 150 cm³/mol. The van der Waals surface area contributed by atoms with E-state index >= 15 is 0 Å². The Bertz CT molecular complexity index is 974. The summed E-state index contributed by atoms with van der Waals surface area (Å²) in [7, 11) is 0. The molecule has 218 valence electrons. The predicted octanol–water partition coefficient (Wildman–Crippen LogP) is -2.09. The van der Waals surface area contributed by atoms with Crippen LogP contribution in [0.3, 0.4) is 0 Å². The summed E-state index contributed by atoms with van der Waals surface area (Å²) in [5.74, 6) is -3.32. The molecule has 13 N–H and O–H groups in total. The number of rotatable bonds is 18. The van der Waals surface area contributed by atoms with Crippen LogP contribution in [0.1, 0.15) is 37.7 Å². The quantitative estimate of drug-likeness (QED) is 0.0399. The van der Waals surface area contributed by atoms with E-state index in [1.54, 1.807) is 12.1 Å². The van der Waals surface area contributed by atoms with E-state index in [2.05, 4.69) is 33.6 Å². The van der Waals surface area contributed by atoms with E-state index in [4.69, 9.17) is 22.9 Å². The Hall–Kier alpha value is -3.56. The number of phenols is 1. The van der Waals surface area contributed by atoms with Crippen molar-refractivity contribution in [3.8, 4) is 5.75 Å². The molecule has 0 aliphatic carbocycles. The molecule has 0 heterocycles. The number of amides is 3. The van der Waals surface area contributed by atoms with Crippen molar-refractivity contribution >= 4 is 42.3 Å². The first-order valence-corrected chi connectivity index (χ1v) is 13.1. The molecule has 3 amide bonds. The number of aliphatic carboxylic acids is 1. The number of benzene rings is 1. The second-order valence-corrected chi connectivity index (χ2v) is 9.28. The standard InChI is InChI=1S/C24H40N8O6S/c25-10-2-1-4-18(23(37)38)31-21(35)17(5-3-11-29-24(27)28)30-22(36)19(32-20(34)16(26)13-39)12-14-6-8-15(33)9-7-14/h6-9,16-19,33,39H,1-5,10-13,25-26H2,(H,30,36)(H,31,35)(H,32,34)(H,37,38)(H4,27,28,29). The molecule has 0 saturated heterocycles. The van der Waals surface area contributed by atoms with Crippen LogP contribution in [0.5, 0.6) is 5.75 Å². The number of carbonyl (C=O) groups is 4. The van der Waals surface area contributed by atoms with Crippen LogP contribution in [0.2, 0.25) is 0 Å². The molecule has 14 nitrogen and oxygen atoms in total. The van der Waals surface area contributed by atoms with E-state index in [-0.39, 0.29) is 43.3 Å². The number of carbonyl (C=O) groups excluding carboxylic acids is 3. The van der Waals surface area contributed by atoms with E-state index in [0.717, 1.165) is 0 Å². The molecule has 0 aliphatic heterocycles. The van der Waals surface area contributed by atoms with Gasteiger partial charge in [-0.3, -0.25) is 19.4 Å². The minimum Gasteiger partial charge on any atom is -0.508 e. The van der Waals surface area contributed by atoms with Crippen LogP contribution >= 0.6 is 12.6 Å². The van der Waals surface area contributed by atoms with Gasteiger partial charge in [-0.15, -0.1) is 0 Å². The Morgan fingerprint density at radius 3 is 2.00 bits per heavy atom. The number of hydrogen-bond donors (Lipinski definition) is 10. The van der Waals surface area contributed by atoms with Crippen molar-refractivity contribution in [1.29, 1.82) is 0 Å². The monoisotopic (exact) mass is 568 g/mol. The molecule has 15 heteroatoms. The molecule has 0 spiro atoms. The molecule has 0 saturated carbocycles. The summed E-state index contributed by atoms with van der Waals surface area (Å²) in [6, 6.07) is 1.58. The van der Waals surface area contributed by atoms with Gasteiger partial charge in [-0.05, 0) is 56.3 Å². The van der Waals surface area contributed by atoms with Crippen molar-refractivity contribution in [1.82, 2.24) is 16.0 Å². The number of nitrogens with one attached hydrogen (secondary N) is 3. The fraction of sp³-hybridized carbons (Fsp3) is 0.542. The molecule has 0 aromatic heterocycles. The maximum Gasteiger partial charge on any atom is 0.326 e. The summed E-state index contributed by atoms with van der Waals surface area (Å²) in [6.07, 6.45) is 1.64. The maximum atomic E-state index is 13.3. The smallest absolute Gasteiger partial charge is 0.326 e. The van der Waals surface area contributed by atoms with Crippen LogP contribution in [-0.2, 0) is 25.6 Å². The number of nitrogens with two attached hydrogens (primary N) is 4. The van der Waals surface area contributed by atoms with Crippen LogP contribution in [0.15, 0.2) is 29.3 Å². The zero-order valence-electron chi connectivity index (χ0n) is 21.7. The number of phenolic OH excluding ortho intramolecular Hbond substituents is 1. The van der Waals surface area contributed by atoms with Crippen LogP contribution < -0.4 is 38.9 Å². The number of hydrogen-bond acceptors (Lipinski definition) is 9. The first-order valence-electron chi connectivity index (χ1n) is 12.5. The van der Waals surface area contributed by atoms with Gasteiger partial charge in [0.2, 0.25) is 17.7 Å². The van der Waals surface area contributed by atoms with Crippen molar-refractivity contribution in [2.24, 2.45) is 27.9 Å². The number of nitrogens with zero attached hydrogens (tertiary/aromatic N) is 1. The third-order valence-corrected chi connectivity index (χ3v) is 6.08. The highest BCUT2D eigenvalue weighted by molar-refractivity contribution is 7.80.